The van der Waals surface area contributed by atoms with Gasteiger partial charge in [-0.3, -0.25) is 0 Å². The number of carbonyl (C=O) groups excluding carboxylic acids is 1. The fourth-order valence-electron chi connectivity index (χ4n) is 0.689. The van der Waals surface area contributed by atoms with E-state index in [-0.39, 0.29) is 43.9 Å². The molecule has 1 fully saturated rings. The van der Waals surface area contributed by atoms with Gasteiger partial charge in [0.05, 0.1) is 30.0 Å². The molecule has 0 aromatic rings. The van der Waals surface area contributed by atoms with E-state index >= 15 is 0 Å². The van der Waals surface area contributed by atoms with Gasteiger partial charge in [0.2, 0.25) is 0 Å². The topological polar surface area (TPSA) is 21.5 Å². The molecule has 1 aliphatic heterocycles. The number of carbonyl (C=O) groups is 1. The summed E-state index contributed by atoms with van der Waals surface area (Å²) in [7, 11) is 1.96. The quantitative estimate of drug-likeness (QED) is 0.358. The molecule has 0 spiro atoms. The van der Waals surface area contributed by atoms with E-state index in [1.165, 1.54) is 0 Å². The van der Waals surface area contributed by atoms with Crippen molar-refractivity contribution in [2.45, 2.75) is 12.2 Å². The third-order valence-corrected chi connectivity index (χ3v) is 2.18. The zero-order valence-electron chi connectivity index (χ0n) is 5.73. The zero-order valence-corrected chi connectivity index (χ0v) is 10.0. The van der Waals surface area contributed by atoms with Gasteiger partial charge in [-0.2, -0.15) is 0 Å². The molecular formula is C5H9ClNOReS-. The molecule has 0 bridgehead atoms. The van der Waals surface area contributed by atoms with E-state index < -0.39 is 0 Å². The zero-order chi connectivity index (χ0) is 6.15. The van der Waals surface area contributed by atoms with Crippen LogP contribution in [0.2, 0.25) is 0 Å². The first-order valence-electron chi connectivity index (χ1n) is 2.59. The third kappa shape index (κ3) is 3.27. The Balaban J connectivity index is 0. The molecule has 61 valence electrons. The molecule has 1 N–H and O–H groups in total. The summed E-state index contributed by atoms with van der Waals surface area (Å²) in [5.41, 5.74) is 0. The van der Waals surface area contributed by atoms with Gasteiger partial charge in [0.15, 0.2) is 0 Å². The van der Waals surface area contributed by atoms with Crippen molar-refractivity contribution in [1.82, 2.24) is 0 Å². The Morgan fingerprint density at radius 2 is 2.20 bits per heavy atom. The largest absolute Gasteiger partial charge is 1.00 e. The Labute approximate surface area is 85.3 Å². The maximum atomic E-state index is 10.7. The Kier molecular flexibility index (Phi) is 7.30. The van der Waals surface area contributed by atoms with Gasteiger partial charge >= 0.3 is 0 Å². The maximum Gasteiger partial charge on any atom is 0.0895 e. The summed E-state index contributed by atoms with van der Waals surface area (Å²) in [6.45, 7) is 3.63. The molecule has 1 heterocycles. The number of hydrogen-bond donors (Lipinski definition) is 1. The number of ketones is 1. The van der Waals surface area contributed by atoms with Crippen LogP contribution in [0, 0.1) is 6.54 Å². The first kappa shape index (κ1) is 13.4. The molecule has 2 nitrogen and oxygen atoms in total. The van der Waals surface area contributed by atoms with Gasteiger partial charge in [-0.1, -0.05) is 0 Å². The van der Waals surface area contributed by atoms with Crippen molar-refractivity contribution in [2.75, 3.05) is 7.05 Å². The molecule has 5 heteroatoms. The van der Waals surface area contributed by atoms with Crippen LogP contribution in [0.5, 0.6) is 0 Å². The fraction of sp³-hybridized carbons (Fsp3) is 0.600. The van der Waals surface area contributed by atoms with Crippen LogP contribution in [-0.2, 0) is 25.2 Å². The Morgan fingerprint density at radius 3 is 2.30 bits per heavy atom. The normalized spacial score (nSPS) is 30.0. The molecule has 1 aliphatic rings. The van der Waals surface area contributed by atoms with Crippen molar-refractivity contribution in [3.8, 4) is 0 Å². The van der Waals surface area contributed by atoms with Gasteiger partial charge in [0, 0.05) is 20.4 Å². The second-order valence-electron chi connectivity index (χ2n) is 1.92. The summed E-state index contributed by atoms with van der Waals surface area (Å²) in [5.74, 6) is 0.257. The van der Waals surface area contributed by atoms with E-state index in [0.29, 0.717) is 0 Å². The Bertz CT molecular complexity index is 124. The second kappa shape index (κ2) is 5.45. The minimum atomic E-state index is 0. The smallest absolute Gasteiger partial charge is 0.0895 e. The predicted octanol–water partition coefficient (Wildman–Crippen LogP) is -3.72. The van der Waals surface area contributed by atoms with Crippen molar-refractivity contribution in [1.29, 1.82) is 0 Å². The van der Waals surface area contributed by atoms with Crippen molar-refractivity contribution in [3.63, 3.8) is 0 Å². The first-order chi connectivity index (χ1) is 3.70. The molecule has 1 radical (unpaired) electrons. The SMILES string of the molecule is CC1S[NH+](C)[CH-]C1=O.[Cl-].[Re]. The molecule has 2 unspecified atom stereocenters. The van der Waals surface area contributed by atoms with Gasteiger partial charge in [-0.25, -0.2) is 0 Å². The number of nitrogens with one attached hydrogen (secondary N) is 1. The van der Waals surface area contributed by atoms with E-state index in [4.69, 9.17) is 0 Å². The molecule has 10 heavy (non-hydrogen) atoms. The number of rotatable bonds is 0. The van der Waals surface area contributed by atoms with Crippen LogP contribution in [0.25, 0.3) is 0 Å². The standard InChI is InChI=1S/C5H9NOS.ClH.Re/c1-4-5(7)3-6(2)8-4;;/h3-4,6H,1-2H3;1H;/p-1. The molecule has 0 aliphatic carbocycles. The van der Waals surface area contributed by atoms with Crippen molar-refractivity contribution in [2.24, 2.45) is 0 Å². The molecule has 0 amide bonds. The van der Waals surface area contributed by atoms with Crippen molar-refractivity contribution in [3.05, 3.63) is 6.54 Å². The van der Waals surface area contributed by atoms with Gasteiger partial charge in [0.25, 0.3) is 0 Å². The van der Waals surface area contributed by atoms with E-state index in [1.807, 2.05) is 14.0 Å². The fourth-order valence-corrected chi connectivity index (χ4v) is 1.61. The van der Waals surface area contributed by atoms with Crippen molar-refractivity contribution < 1.29 is 41.9 Å². The van der Waals surface area contributed by atoms with Crippen LogP contribution in [0.4, 0.5) is 0 Å². The summed E-state index contributed by atoms with van der Waals surface area (Å²) in [4.78, 5) is 10.7. The van der Waals surface area contributed by atoms with E-state index in [2.05, 4.69) is 0 Å². The number of quaternary nitrogens is 1. The van der Waals surface area contributed by atoms with E-state index in [0.717, 1.165) is 4.31 Å². The molecule has 0 aromatic heterocycles. The Hall–Kier alpha value is 0.802. The summed E-state index contributed by atoms with van der Waals surface area (Å²) in [5, 5.41) is 0.176. The summed E-state index contributed by atoms with van der Waals surface area (Å²) in [6.07, 6.45) is 0. The minimum Gasteiger partial charge on any atom is -1.00 e. The van der Waals surface area contributed by atoms with Crippen LogP contribution in [0.1, 0.15) is 6.92 Å². The van der Waals surface area contributed by atoms with Crippen LogP contribution in [-0.4, -0.2) is 18.1 Å². The summed E-state index contributed by atoms with van der Waals surface area (Å²) >= 11 is 1.64. The molecule has 0 saturated carbocycles. The minimum absolute atomic E-state index is 0. The number of hydrogen-bond acceptors (Lipinski definition) is 2. The van der Waals surface area contributed by atoms with E-state index in [9.17, 15) is 4.79 Å². The van der Waals surface area contributed by atoms with Crippen LogP contribution in [0.15, 0.2) is 0 Å². The Morgan fingerprint density at radius 1 is 1.70 bits per heavy atom. The molecule has 2 atom stereocenters. The summed E-state index contributed by atoms with van der Waals surface area (Å²) < 4.78 is 1.14. The summed E-state index contributed by atoms with van der Waals surface area (Å²) in [6, 6.07) is 0. The average molecular weight is 353 g/mol. The van der Waals surface area contributed by atoms with Gasteiger partial charge in [0.1, 0.15) is 0 Å². The van der Waals surface area contributed by atoms with E-state index in [1.54, 1.807) is 18.5 Å². The molecule has 1 rings (SSSR count). The first-order valence-corrected chi connectivity index (χ1v) is 3.47. The molecular weight excluding hydrogens is 344 g/mol. The van der Waals surface area contributed by atoms with Crippen LogP contribution < -0.4 is 16.7 Å². The van der Waals surface area contributed by atoms with Crippen LogP contribution in [0.3, 0.4) is 0 Å². The van der Waals surface area contributed by atoms with Crippen molar-refractivity contribution >= 4 is 17.7 Å². The monoisotopic (exact) mass is 353 g/mol. The van der Waals surface area contributed by atoms with Gasteiger partial charge in [-0.15, -0.1) is 6.54 Å². The van der Waals surface area contributed by atoms with Crippen LogP contribution >= 0.6 is 11.9 Å². The number of likely N-dealkylation sites (N-methyl/N-ethyl adjacent to an activating group) is 1. The molecule has 0 aromatic carbocycles. The van der Waals surface area contributed by atoms with Gasteiger partial charge < -0.3 is 21.5 Å². The average Bonchev–Trinajstić information content (AvgIpc) is 1.85. The molecule has 1 saturated heterocycles. The number of halogens is 1. The number of Topliss-reactive ketones (excluding diaryl/α,β-unsaturated/α-hetero) is 1. The predicted molar refractivity (Wildman–Crippen MR) is 33.2 cm³/mol. The van der Waals surface area contributed by atoms with Gasteiger partial charge in [-0.05, 0) is 6.92 Å². The third-order valence-electron chi connectivity index (χ3n) is 1.11. The second-order valence-corrected chi connectivity index (χ2v) is 3.50. The maximum absolute atomic E-state index is 10.7.